The summed E-state index contributed by atoms with van der Waals surface area (Å²) in [6, 6.07) is 5.13. The highest BCUT2D eigenvalue weighted by Gasteiger charge is 2.47. The molecule has 1 saturated heterocycles. The van der Waals surface area contributed by atoms with Crippen molar-refractivity contribution in [3.05, 3.63) is 41.6 Å². The zero-order chi connectivity index (χ0) is 23.3. The Kier molecular flexibility index (Phi) is 5.72. The summed E-state index contributed by atoms with van der Waals surface area (Å²) in [5, 5.41) is 3.31. The van der Waals surface area contributed by atoms with Crippen LogP contribution in [-0.2, 0) is 25.5 Å². The van der Waals surface area contributed by atoms with Gasteiger partial charge in [-0.15, -0.1) is 0 Å². The van der Waals surface area contributed by atoms with E-state index in [9.17, 15) is 26.4 Å². The Hall–Kier alpha value is -2.56. The summed E-state index contributed by atoms with van der Waals surface area (Å²) in [6.45, 7) is 1.67. The number of nitrogens with zero attached hydrogens (tertiary/aromatic N) is 3. The van der Waals surface area contributed by atoms with Gasteiger partial charge in [-0.2, -0.15) is 18.3 Å². The lowest BCUT2D eigenvalue weighted by molar-refractivity contribution is -0.142. The number of sulfone groups is 1. The van der Waals surface area contributed by atoms with Crippen LogP contribution in [0.3, 0.4) is 0 Å². The minimum atomic E-state index is -4.82. The maximum absolute atomic E-state index is 13.5. The Morgan fingerprint density at radius 2 is 1.91 bits per heavy atom. The SMILES string of the molecule is COC(=O)[C@@H]1C[C@@H](S(=O)(=O)c2ccccc2C(F)(F)F)CN1c1cc(C)nn1C1CCC1. The lowest BCUT2D eigenvalue weighted by Crippen LogP contribution is -2.39. The van der Waals surface area contributed by atoms with E-state index >= 15 is 0 Å². The van der Waals surface area contributed by atoms with E-state index in [-0.39, 0.29) is 19.0 Å². The summed E-state index contributed by atoms with van der Waals surface area (Å²) in [4.78, 5) is 13.4. The van der Waals surface area contributed by atoms with Crippen LogP contribution in [-0.4, -0.2) is 49.1 Å². The molecule has 2 aromatic rings. The Balaban J connectivity index is 1.74. The second kappa shape index (κ2) is 8.09. The fraction of sp³-hybridized carbons (Fsp3) is 0.524. The molecule has 1 saturated carbocycles. The fourth-order valence-electron chi connectivity index (χ4n) is 4.38. The zero-order valence-corrected chi connectivity index (χ0v) is 18.5. The number of hydrogen-bond donors (Lipinski definition) is 0. The number of rotatable bonds is 5. The molecular formula is C21H24F3N3O4S. The number of carbonyl (C=O) groups excluding carboxylic acids is 1. The van der Waals surface area contributed by atoms with E-state index in [1.54, 1.807) is 22.6 Å². The highest BCUT2D eigenvalue weighted by molar-refractivity contribution is 7.92. The maximum Gasteiger partial charge on any atom is 0.417 e. The molecule has 11 heteroatoms. The average molecular weight is 472 g/mol. The Labute approximate surface area is 184 Å². The van der Waals surface area contributed by atoms with Crippen LogP contribution < -0.4 is 4.90 Å². The lowest BCUT2D eigenvalue weighted by atomic mass is 9.93. The highest BCUT2D eigenvalue weighted by atomic mass is 32.2. The number of methoxy groups -OCH3 is 1. The summed E-state index contributed by atoms with van der Waals surface area (Å²) < 4.78 is 73.8. The van der Waals surface area contributed by atoms with Crippen LogP contribution in [0.5, 0.6) is 0 Å². The van der Waals surface area contributed by atoms with Crippen molar-refractivity contribution in [2.75, 3.05) is 18.6 Å². The smallest absolute Gasteiger partial charge is 0.417 e. The molecule has 4 rings (SSSR count). The van der Waals surface area contributed by atoms with Crippen LogP contribution in [0.2, 0.25) is 0 Å². The quantitative estimate of drug-likeness (QED) is 0.621. The van der Waals surface area contributed by atoms with Crippen molar-refractivity contribution in [1.82, 2.24) is 9.78 Å². The first-order chi connectivity index (χ1) is 15.0. The van der Waals surface area contributed by atoms with Crippen molar-refractivity contribution in [3.8, 4) is 0 Å². The van der Waals surface area contributed by atoms with Gasteiger partial charge < -0.3 is 9.64 Å². The van der Waals surface area contributed by atoms with Gasteiger partial charge in [0.25, 0.3) is 0 Å². The van der Waals surface area contributed by atoms with Gasteiger partial charge in [0.15, 0.2) is 9.84 Å². The molecule has 0 radical (unpaired) electrons. The molecular weight excluding hydrogens is 447 g/mol. The van der Waals surface area contributed by atoms with Crippen molar-refractivity contribution in [3.63, 3.8) is 0 Å². The van der Waals surface area contributed by atoms with Crippen LogP contribution in [0.15, 0.2) is 35.2 Å². The van der Waals surface area contributed by atoms with E-state index in [2.05, 4.69) is 5.10 Å². The number of anilines is 1. The van der Waals surface area contributed by atoms with Crippen molar-refractivity contribution in [1.29, 1.82) is 0 Å². The fourth-order valence-corrected chi connectivity index (χ4v) is 6.29. The molecule has 174 valence electrons. The van der Waals surface area contributed by atoms with E-state index in [0.29, 0.717) is 11.5 Å². The van der Waals surface area contributed by atoms with Crippen molar-refractivity contribution >= 4 is 21.6 Å². The number of aromatic nitrogens is 2. The Bertz CT molecular complexity index is 1130. The zero-order valence-electron chi connectivity index (χ0n) is 17.7. The number of alkyl halides is 3. The second-order valence-corrected chi connectivity index (χ2v) is 10.5. The molecule has 2 fully saturated rings. The van der Waals surface area contributed by atoms with E-state index in [1.807, 2.05) is 0 Å². The molecule has 1 aromatic heterocycles. The molecule has 2 aliphatic rings. The Morgan fingerprint density at radius 1 is 1.22 bits per heavy atom. The second-order valence-electron chi connectivity index (χ2n) is 8.26. The number of halogens is 3. The molecule has 0 unspecified atom stereocenters. The van der Waals surface area contributed by atoms with E-state index in [0.717, 1.165) is 37.5 Å². The van der Waals surface area contributed by atoms with Crippen LogP contribution in [0, 0.1) is 6.92 Å². The predicted molar refractivity (Wildman–Crippen MR) is 110 cm³/mol. The van der Waals surface area contributed by atoms with E-state index in [4.69, 9.17) is 4.74 Å². The summed E-state index contributed by atoms with van der Waals surface area (Å²) in [5.74, 6) is -0.0461. The molecule has 1 aromatic carbocycles. The number of aryl methyl sites for hydroxylation is 1. The number of ether oxygens (including phenoxy) is 1. The lowest BCUT2D eigenvalue weighted by Gasteiger charge is -2.32. The molecule has 1 aliphatic heterocycles. The minimum absolute atomic E-state index is 0.133. The summed E-state index contributed by atoms with van der Waals surface area (Å²) in [5.41, 5.74) is -0.493. The number of esters is 1. The third-order valence-corrected chi connectivity index (χ3v) is 8.42. The standard InChI is InChI=1S/C21H24F3N3O4S/c1-13-10-19(27(25-13)14-6-5-7-14)26-12-15(11-17(26)20(28)31-2)32(29,30)18-9-4-3-8-16(18)21(22,23)24/h3-4,8-10,14-15,17H,5-7,11-12H2,1-2H3/t15-,17+/m1/s1. The largest absolute Gasteiger partial charge is 0.467 e. The van der Waals surface area contributed by atoms with Gasteiger partial charge in [0.1, 0.15) is 11.9 Å². The highest BCUT2D eigenvalue weighted by Crippen LogP contribution is 2.40. The molecule has 0 N–H and O–H groups in total. The molecule has 2 heterocycles. The van der Waals surface area contributed by atoms with Crippen molar-refractivity contribution in [2.24, 2.45) is 0 Å². The molecule has 0 spiro atoms. The summed E-state index contributed by atoms with van der Waals surface area (Å²) in [7, 11) is -3.18. The first kappa shape index (κ1) is 22.6. The molecule has 1 aliphatic carbocycles. The van der Waals surface area contributed by atoms with Crippen molar-refractivity contribution in [2.45, 2.75) is 61.0 Å². The first-order valence-electron chi connectivity index (χ1n) is 10.3. The number of hydrogen-bond acceptors (Lipinski definition) is 6. The van der Waals surface area contributed by atoms with Gasteiger partial charge in [-0.25, -0.2) is 17.9 Å². The van der Waals surface area contributed by atoms with Crippen LogP contribution in [0.25, 0.3) is 0 Å². The maximum atomic E-state index is 13.5. The van der Waals surface area contributed by atoms with Gasteiger partial charge in [0.05, 0.1) is 34.6 Å². The summed E-state index contributed by atoms with van der Waals surface area (Å²) >= 11 is 0. The van der Waals surface area contributed by atoms with Crippen LogP contribution in [0.4, 0.5) is 19.0 Å². The summed E-state index contributed by atoms with van der Waals surface area (Å²) in [6.07, 6.45) is -2.09. The van der Waals surface area contributed by atoms with Gasteiger partial charge in [-0.05, 0) is 44.7 Å². The van der Waals surface area contributed by atoms with Gasteiger partial charge in [-0.3, -0.25) is 0 Å². The molecule has 32 heavy (non-hydrogen) atoms. The van der Waals surface area contributed by atoms with E-state index in [1.165, 1.54) is 13.2 Å². The monoisotopic (exact) mass is 471 g/mol. The van der Waals surface area contributed by atoms with Gasteiger partial charge in [-0.1, -0.05) is 12.1 Å². The Morgan fingerprint density at radius 3 is 2.50 bits per heavy atom. The molecule has 7 nitrogen and oxygen atoms in total. The normalized spacial score (nSPS) is 22.1. The minimum Gasteiger partial charge on any atom is -0.467 e. The average Bonchev–Trinajstić information content (AvgIpc) is 3.29. The predicted octanol–water partition coefficient (Wildman–Crippen LogP) is 3.53. The first-order valence-corrected chi connectivity index (χ1v) is 11.9. The third kappa shape index (κ3) is 3.87. The van der Waals surface area contributed by atoms with Crippen LogP contribution >= 0.6 is 0 Å². The van der Waals surface area contributed by atoms with Gasteiger partial charge in [0.2, 0.25) is 0 Å². The van der Waals surface area contributed by atoms with Gasteiger partial charge >= 0.3 is 12.1 Å². The van der Waals surface area contributed by atoms with Gasteiger partial charge in [0, 0.05) is 12.6 Å². The molecule has 0 amide bonds. The number of carbonyl (C=O) groups is 1. The van der Waals surface area contributed by atoms with Crippen LogP contribution in [0.1, 0.15) is 43.0 Å². The third-order valence-electron chi connectivity index (χ3n) is 6.23. The molecule has 2 atom stereocenters. The number of benzene rings is 1. The topological polar surface area (TPSA) is 81.5 Å². The van der Waals surface area contributed by atoms with E-state index < -0.39 is 43.7 Å². The molecule has 0 bridgehead atoms. The van der Waals surface area contributed by atoms with Crippen molar-refractivity contribution < 1.29 is 31.1 Å².